The van der Waals surface area contributed by atoms with Gasteiger partial charge in [0, 0.05) is 36.1 Å². The van der Waals surface area contributed by atoms with Crippen LogP contribution in [0.3, 0.4) is 0 Å². The topological polar surface area (TPSA) is 71.8 Å². The summed E-state index contributed by atoms with van der Waals surface area (Å²) in [5.74, 6) is -0.526. The smallest absolute Gasteiger partial charge is 0.335 e. The fraction of sp³-hybridized carbons (Fsp3) is 0.484. The Balaban J connectivity index is 1.53. The number of hydrogen-bond donors (Lipinski definition) is 1. The molecule has 3 atom stereocenters. The molecule has 37 heavy (non-hydrogen) atoms. The summed E-state index contributed by atoms with van der Waals surface area (Å²) in [6.07, 6.45) is 6.75. The summed E-state index contributed by atoms with van der Waals surface area (Å²) in [5.41, 5.74) is 6.16. The first-order valence-electron chi connectivity index (χ1n) is 13.8. The maximum atomic E-state index is 14.0. The highest BCUT2D eigenvalue weighted by molar-refractivity contribution is 5.99. The monoisotopic (exact) mass is 500 g/mol. The van der Waals surface area contributed by atoms with Gasteiger partial charge in [0.1, 0.15) is 0 Å². The molecule has 1 aromatic heterocycles. The third-order valence-corrected chi connectivity index (χ3v) is 8.59. The predicted octanol–water partition coefficient (Wildman–Crippen LogP) is 5.86. The quantitative estimate of drug-likeness (QED) is 0.489. The molecule has 3 aliphatic rings. The van der Waals surface area contributed by atoms with Crippen molar-refractivity contribution in [3.8, 4) is 11.3 Å². The molecule has 1 aliphatic carbocycles. The van der Waals surface area contributed by atoms with E-state index >= 15 is 0 Å². The second kappa shape index (κ2) is 9.64. The minimum Gasteiger partial charge on any atom is -0.478 e. The van der Waals surface area contributed by atoms with Gasteiger partial charge in [-0.15, -0.1) is 0 Å². The lowest BCUT2D eigenvalue weighted by molar-refractivity contribution is -0.147. The van der Waals surface area contributed by atoms with Crippen molar-refractivity contribution in [1.82, 2.24) is 9.47 Å². The van der Waals surface area contributed by atoms with Gasteiger partial charge in [-0.25, -0.2) is 4.79 Å². The minimum absolute atomic E-state index is 0.0183. The van der Waals surface area contributed by atoms with Crippen LogP contribution in [-0.2, 0) is 22.5 Å². The van der Waals surface area contributed by atoms with Crippen molar-refractivity contribution in [3.05, 3.63) is 59.2 Å². The predicted molar refractivity (Wildman–Crippen MR) is 144 cm³/mol. The highest BCUT2D eigenvalue weighted by atomic mass is 16.5. The normalized spacial score (nSPS) is 24.4. The van der Waals surface area contributed by atoms with E-state index in [9.17, 15) is 14.7 Å². The van der Waals surface area contributed by atoms with Crippen LogP contribution in [0.25, 0.3) is 22.2 Å². The summed E-state index contributed by atoms with van der Waals surface area (Å²) in [4.78, 5) is 27.9. The van der Waals surface area contributed by atoms with E-state index in [0.29, 0.717) is 37.5 Å². The second-order valence-corrected chi connectivity index (χ2v) is 11.3. The van der Waals surface area contributed by atoms with Gasteiger partial charge in [-0.2, -0.15) is 0 Å². The number of carboxylic acid groups (broad SMARTS) is 1. The van der Waals surface area contributed by atoms with E-state index in [1.165, 1.54) is 41.6 Å². The number of morpholine rings is 1. The molecule has 3 heterocycles. The molecule has 0 spiro atoms. The number of hydrogen-bond acceptors (Lipinski definition) is 3. The molecule has 2 fully saturated rings. The SMILES string of the molecule is C[C@@H]1CN(C(=O)C2Cc3ccccc3-c3c(C4CCCCC4)c4ccc(C(=O)O)cc4n3C2)C[C@H](C)O1. The summed E-state index contributed by atoms with van der Waals surface area (Å²) in [6.45, 7) is 5.82. The zero-order valence-corrected chi connectivity index (χ0v) is 21.8. The molecule has 2 aromatic carbocycles. The van der Waals surface area contributed by atoms with Crippen molar-refractivity contribution in [1.29, 1.82) is 0 Å². The third kappa shape index (κ3) is 4.35. The van der Waals surface area contributed by atoms with Crippen molar-refractivity contribution in [2.45, 2.75) is 77.0 Å². The number of nitrogens with zero attached hydrogens (tertiary/aromatic N) is 2. The van der Waals surface area contributed by atoms with Crippen molar-refractivity contribution in [3.63, 3.8) is 0 Å². The summed E-state index contributed by atoms with van der Waals surface area (Å²) < 4.78 is 8.19. The highest BCUT2D eigenvalue weighted by Gasteiger charge is 2.36. The van der Waals surface area contributed by atoms with Gasteiger partial charge in [0.15, 0.2) is 0 Å². The Labute approximate surface area is 218 Å². The Morgan fingerprint density at radius 2 is 1.68 bits per heavy atom. The van der Waals surface area contributed by atoms with Gasteiger partial charge in [-0.1, -0.05) is 49.6 Å². The van der Waals surface area contributed by atoms with Crippen molar-refractivity contribution >= 4 is 22.8 Å². The molecule has 6 heteroatoms. The molecule has 6 nitrogen and oxygen atoms in total. The first-order valence-corrected chi connectivity index (χ1v) is 13.8. The van der Waals surface area contributed by atoms with Crippen LogP contribution in [0.2, 0.25) is 0 Å². The summed E-state index contributed by atoms with van der Waals surface area (Å²) in [7, 11) is 0. The number of carbonyl (C=O) groups excluding carboxylic acids is 1. The van der Waals surface area contributed by atoms with E-state index in [0.717, 1.165) is 23.7 Å². The van der Waals surface area contributed by atoms with Gasteiger partial charge in [0.05, 0.1) is 29.4 Å². The van der Waals surface area contributed by atoms with Crippen LogP contribution in [0.5, 0.6) is 0 Å². The largest absolute Gasteiger partial charge is 0.478 e. The third-order valence-electron chi connectivity index (χ3n) is 8.59. The molecule has 3 aromatic rings. The van der Waals surface area contributed by atoms with E-state index < -0.39 is 5.97 Å². The van der Waals surface area contributed by atoms with Gasteiger partial charge in [0.2, 0.25) is 5.91 Å². The van der Waals surface area contributed by atoms with E-state index in [4.69, 9.17) is 4.74 Å². The van der Waals surface area contributed by atoms with Gasteiger partial charge in [-0.3, -0.25) is 4.79 Å². The highest BCUT2D eigenvalue weighted by Crippen LogP contribution is 2.46. The molecule has 0 radical (unpaired) electrons. The van der Waals surface area contributed by atoms with Crippen LogP contribution < -0.4 is 0 Å². The number of fused-ring (bicyclic) bond motifs is 5. The Bertz CT molecular complexity index is 1340. The standard InChI is InChI=1S/C31H36N2O4/c1-19-16-32(17-20(2)37-19)30(34)24-14-22-10-6-7-11-25(22)29-28(21-8-4-3-5-9-21)26-13-12-23(31(35)36)15-27(26)33(29)18-24/h6-7,10-13,15,19-21,24H,3-5,8-9,14,16-18H2,1-2H3,(H,35,36)/t19-,20+,24?. The fourth-order valence-electron chi connectivity index (χ4n) is 7.05. The van der Waals surface area contributed by atoms with Crippen molar-refractivity contribution < 1.29 is 19.4 Å². The lowest BCUT2D eigenvalue weighted by Crippen LogP contribution is -2.50. The minimum atomic E-state index is -0.922. The maximum absolute atomic E-state index is 14.0. The van der Waals surface area contributed by atoms with Crippen molar-refractivity contribution in [2.24, 2.45) is 5.92 Å². The van der Waals surface area contributed by atoms with Crippen LogP contribution in [-0.4, -0.2) is 51.7 Å². The fourth-order valence-corrected chi connectivity index (χ4v) is 7.05. The van der Waals surface area contributed by atoms with E-state index in [-0.39, 0.29) is 24.0 Å². The molecule has 1 unspecified atom stereocenters. The van der Waals surface area contributed by atoms with Crippen LogP contribution in [0.15, 0.2) is 42.5 Å². The van der Waals surface area contributed by atoms with Crippen LogP contribution >= 0.6 is 0 Å². The van der Waals surface area contributed by atoms with Crippen LogP contribution in [0, 0.1) is 5.92 Å². The molecule has 1 amide bonds. The Morgan fingerprint density at radius 1 is 0.946 bits per heavy atom. The Kier molecular flexibility index (Phi) is 6.31. The summed E-state index contributed by atoms with van der Waals surface area (Å²) in [6, 6.07) is 14.1. The molecule has 6 rings (SSSR count). The van der Waals surface area contributed by atoms with Crippen LogP contribution in [0.1, 0.15) is 73.4 Å². The lowest BCUT2D eigenvalue weighted by Gasteiger charge is -2.37. The van der Waals surface area contributed by atoms with Gasteiger partial charge < -0.3 is 19.3 Å². The zero-order valence-electron chi connectivity index (χ0n) is 21.8. The molecule has 1 N–H and O–H groups in total. The maximum Gasteiger partial charge on any atom is 0.335 e. The molecule has 1 saturated heterocycles. The number of ether oxygens (including phenoxy) is 1. The van der Waals surface area contributed by atoms with Gasteiger partial charge >= 0.3 is 5.97 Å². The number of rotatable bonds is 3. The number of carboxylic acids is 1. The Morgan fingerprint density at radius 3 is 2.41 bits per heavy atom. The summed E-state index contributed by atoms with van der Waals surface area (Å²) >= 11 is 0. The molecule has 1 saturated carbocycles. The average molecular weight is 501 g/mol. The van der Waals surface area contributed by atoms with E-state index in [1.807, 2.05) is 30.9 Å². The van der Waals surface area contributed by atoms with E-state index in [1.54, 1.807) is 6.07 Å². The average Bonchev–Trinajstić information content (AvgIpc) is 3.10. The number of benzene rings is 2. The number of amides is 1. The molecule has 2 aliphatic heterocycles. The first kappa shape index (κ1) is 24.2. The van der Waals surface area contributed by atoms with Gasteiger partial charge in [-0.05, 0) is 62.3 Å². The summed E-state index contributed by atoms with van der Waals surface area (Å²) in [5, 5.41) is 10.9. The van der Waals surface area contributed by atoms with Gasteiger partial charge in [0.25, 0.3) is 0 Å². The van der Waals surface area contributed by atoms with Crippen molar-refractivity contribution in [2.75, 3.05) is 13.1 Å². The Hall–Kier alpha value is -3.12. The zero-order chi connectivity index (χ0) is 25.7. The molecule has 0 bridgehead atoms. The first-order chi connectivity index (χ1) is 17.9. The second-order valence-electron chi connectivity index (χ2n) is 11.3. The number of aromatic nitrogens is 1. The van der Waals surface area contributed by atoms with Crippen LogP contribution in [0.4, 0.5) is 0 Å². The van der Waals surface area contributed by atoms with E-state index in [2.05, 4.69) is 28.8 Å². The lowest BCUT2D eigenvalue weighted by atomic mass is 9.81. The number of carbonyl (C=O) groups is 2. The molecule has 194 valence electrons. The number of aromatic carboxylic acids is 1. The molecular formula is C31H36N2O4. The molecular weight excluding hydrogens is 464 g/mol.